The Morgan fingerprint density at radius 1 is 1.04 bits per heavy atom. The van der Waals surface area contributed by atoms with E-state index in [4.69, 9.17) is 9.47 Å². The first-order chi connectivity index (χ1) is 12.7. The SMILES string of the molecule is CN=C(NCCOCc1ccccc1)NCCc1cc(C)ccc1OC. The van der Waals surface area contributed by atoms with Crippen molar-refractivity contribution >= 4 is 5.96 Å². The Kier molecular flexibility index (Phi) is 8.49. The zero-order valence-corrected chi connectivity index (χ0v) is 15.9. The molecule has 0 heterocycles. The standard InChI is InChI=1S/C21H29N3O2/c1-17-9-10-20(25-3)19(15-17)11-12-23-21(22-2)24-13-14-26-16-18-7-5-4-6-8-18/h4-10,15H,11-14,16H2,1-3H3,(H2,22,23,24). The molecule has 140 valence electrons. The molecule has 2 aromatic rings. The van der Waals surface area contributed by atoms with E-state index in [1.807, 2.05) is 24.3 Å². The molecule has 0 fully saturated rings. The first kappa shape index (κ1) is 19.8. The third-order valence-corrected chi connectivity index (χ3v) is 4.00. The molecule has 0 aliphatic carbocycles. The Morgan fingerprint density at radius 2 is 1.81 bits per heavy atom. The third-order valence-electron chi connectivity index (χ3n) is 4.00. The summed E-state index contributed by atoms with van der Waals surface area (Å²) in [6.45, 7) is 4.83. The van der Waals surface area contributed by atoms with E-state index >= 15 is 0 Å². The maximum atomic E-state index is 5.67. The van der Waals surface area contributed by atoms with Gasteiger partial charge in [0, 0.05) is 20.1 Å². The number of rotatable bonds is 9. The largest absolute Gasteiger partial charge is 0.496 e. The predicted octanol–water partition coefficient (Wildman–Crippen LogP) is 2.93. The minimum atomic E-state index is 0.626. The van der Waals surface area contributed by atoms with Crippen LogP contribution in [0.2, 0.25) is 0 Å². The van der Waals surface area contributed by atoms with Gasteiger partial charge in [-0.3, -0.25) is 4.99 Å². The highest BCUT2D eigenvalue weighted by atomic mass is 16.5. The second-order valence-electron chi connectivity index (χ2n) is 6.03. The molecule has 5 nitrogen and oxygen atoms in total. The molecule has 0 saturated carbocycles. The van der Waals surface area contributed by atoms with Crippen molar-refractivity contribution in [3.8, 4) is 5.75 Å². The number of nitrogens with one attached hydrogen (secondary N) is 2. The number of benzene rings is 2. The molecule has 2 N–H and O–H groups in total. The molecule has 0 bridgehead atoms. The fraction of sp³-hybridized carbons (Fsp3) is 0.381. The number of guanidine groups is 1. The Hall–Kier alpha value is -2.53. The van der Waals surface area contributed by atoms with Crippen molar-refractivity contribution in [2.45, 2.75) is 20.0 Å². The van der Waals surface area contributed by atoms with Crippen LogP contribution in [0.25, 0.3) is 0 Å². The van der Waals surface area contributed by atoms with Gasteiger partial charge in [-0.1, -0.05) is 48.0 Å². The predicted molar refractivity (Wildman–Crippen MR) is 107 cm³/mol. The van der Waals surface area contributed by atoms with Gasteiger partial charge in [-0.05, 0) is 30.5 Å². The Labute approximate surface area is 156 Å². The summed E-state index contributed by atoms with van der Waals surface area (Å²) in [5.74, 6) is 1.70. The first-order valence-corrected chi connectivity index (χ1v) is 8.92. The molecule has 0 amide bonds. The fourth-order valence-corrected chi connectivity index (χ4v) is 2.64. The summed E-state index contributed by atoms with van der Waals surface area (Å²) >= 11 is 0. The van der Waals surface area contributed by atoms with Gasteiger partial charge >= 0.3 is 0 Å². The number of nitrogens with zero attached hydrogens (tertiary/aromatic N) is 1. The van der Waals surface area contributed by atoms with Crippen LogP contribution < -0.4 is 15.4 Å². The van der Waals surface area contributed by atoms with Crippen molar-refractivity contribution in [3.05, 3.63) is 65.2 Å². The number of methoxy groups -OCH3 is 1. The van der Waals surface area contributed by atoms with Crippen molar-refractivity contribution in [1.29, 1.82) is 0 Å². The van der Waals surface area contributed by atoms with Crippen LogP contribution in [0.5, 0.6) is 5.75 Å². The van der Waals surface area contributed by atoms with Crippen LogP contribution in [0.4, 0.5) is 0 Å². The number of aliphatic imine (C=N–C) groups is 1. The maximum absolute atomic E-state index is 5.67. The molecule has 0 aromatic heterocycles. The van der Waals surface area contributed by atoms with E-state index < -0.39 is 0 Å². The monoisotopic (exact) mass is 355 g/mol. The van der Waals surface area contributed by atoms with E-state index in [0.717, 1.165) is 24.7 Å². The second-order valence-corrected chi connectivity index (χ2v) is 6.03. The normalized spacial score (nSPS) is 11.3. The van der Waals surface area contributed by atoms with Crippen LogP contribution in [0.15, 0.2) is 53.5 Å². The maximum Gasteiger partial charge on any atom is 0.191 e. The Balaban J connectivity index is 1.66. The highest BCUT2D eigenvalue weighted by Crippen LogP contribution is 2.19. The Morgan fingerprint density at radius 3 is 2.54 bits per heavy atom. The summed E-state index contributed by atoms with van der Waals surface area (Å²) in [6.07, 6.45) is 0.871. The van der Waals surface area contributed by atoms with Crippen LogP contribution in [0, 0.1) is 6.92 Å². The first-order valence-electron chi connectivity index (χ1n) is 8.92. The summed E-state index contributed by atoms with van der Waals surface area (Å²) in [5, 5.41) is 6.59. The molecule has 2 aromatic carbocycles. The van der Waals surface area contributed by atoms with Gasteiger partial charge in [0.25, 0.3) is 0 Å². The number of hydrogen-bond donors (Lipinski definition) is 2. The zero-order valence-electron chi connectivity index (χ0n) is 15.9. The van der Waals surface area contributed by atoms with E-state index in [1.54, 1.807) is 14.2 Å². The molecule has 0 spiro atoms. The van der Waals surface area contributed by atoms with Gasteiger partial charge in [0.15, 0.2) is 5.96 Å². The van der Waals surface area contributed by atoms with Crippen molar-refractivity contribution in [2.24, 2.45) is 4.99 Å². The summed E-state index contributed by atoms with van der Waals surface area (Å²) in [6, 6.07) is 16.4. The molecular formula is C21H29N3O2. The lowest BCUT2D eigenvalue weighted by atomic mass is 10.1. The van der Waals surface area contributed by atoms with Crippen molar-refractivity contribution in [1.82, 2.24) is 10.6 Å². The van der Waals surface area contributed by atoms with Crippen molar-refractivity contribution < 1.29 is 9.47 Å². The van der Waals surface area contributed by atoms with Crippen LogP contribution >= 0.6 is 0 Å². The summed E-state index contributed by atoms with van der Waals surface area (Å²) in [4.78, 5) is 4.24. The fourth-order valence-electron chi connectivity index (χ4n) is 2.64. The van der Waals surface area contributed by atoms with Crippen LogP contribution in [-0.4, -0.2) is 39.8 Å². The van der Waals surface area contributed by atoms with Crippen molar-refractivity contribution in [3.63, 3.8) is 0 Å². The lowest BCUT2D eigenvalue weighted by Crippen LogP contribution is -2.39. The molecule has 0 unspecified atom stereocenters. The van der Waals surface area contributed by atoms with E-state index in [2.05, 4.69) is 46.8 Å². The van der Waals surface area contributed by atoms with Gasteiger partial charge in [-0.2, -0.15) is 0 Å². The van der Waals surface area contributed by atoms with E-state index in [-0.39, 0.29) is 0 Å². The molecule has 0 radical (unpaired) electrons. The zero-order chi connectivity index (χ0) is 18.6. The molecular weight excluding hydrogens is 326 g/mol. The highest BCUT2D eigenvalue weighted by Gasteiger charge is 2.04. The number of hydrogen-bond acceptors (Lipinski definition) is 3. The van der Waals surface area contributed by atoms with Crippen molar-refractivity contribution in [2.75, 3.05) is 33.9 Å². The molecule has 0 saturated heterocycles. The van der Waals surface area contributed by atoms with Gasteiger partial charge in [0.05, 0.1) is 20.3 Å². The molecule has 0 aliphatic rings. The summed E-state index contributed by atoms with van der Waals surface area (Å²) in [7, 11) is 3.48. The van der Waals surface area contributed by atoms with Gasteiger partial charge in [-0.15, -0.1) is 0 Å². The molecule has 26 heavy (non-hydrogen) atoms. The number of ether oxygens (including phenoxy) is 2. The van der Waals surface area contributed by atoms with Gasteiger partial charge in [-0.25, -0.2) is 0 Å². The third kappa shape index (κ3) is 6.76. The smallest absolute Gasteiger partial charge is 0.191 e. The van der Waals surface area contributed by atoms with Crippen LogP contribution in [-0.2, 0) is 17.8 Å². The molecule has 0 aliphatic heterocycles. The van der Waals surface area contributed by atoms with E-state index in [1.165, 1.54) is 16.7 Å². The topological polar surface area (TPSA) is 54.9 Å². The second kappa shape index (κ2) is 11.2. The minimum Gasteiger partial charge on any atom is -0.496 e. The summed E-state index contributed by atoms with van der Waals surface area (Å²) < 4.78 is 11.1. The lowest BCUT2D eigenvalue weighted by Gasteiger charge is -2.13. The van der Waals surface area contributed by atoms with Gasteiger partial charge < -0.3 is 20.1 Å². The number of aryl methyl sites for hydroxylation is 1. The highest BCUT2D eigenvalue weighted by molar-refractivity contribution is 5.79. The average molecular weight is 355 g/mol. The minimum absolute atomic E-state index is 0.626. The average Bonchev–Trinajstić information content (AvgIpc) is 2.67. The van der Waals surface area contributed by atoms with E-state index in [0.29, 0.717) is 19.8 Å². The lowest BCUT2D eigenvalue weighted by molar-refractivity contribution is 0.125. The molecule has 0 atom stereocenters. The van der Waals surface area contributed by atoms with Gasteiger partial charge in [0.2, 0.25) is 0 Å². The molecule has 2 rings (SSSR count). The molecule has 5 heteroatoms. The Bertz CT molecular complexity index is 687. The van der Waals surface area contributed by atoms with E-state index in [9.17, 15) is 0 Å². The quantitative estimate of drug-likeness (QED) is 0.413. The van der Waals surface area contributed by atoms with Crippen LogP contribution in [0.3, 0.4) is 0 Å². The summed E-state index contributed by atoms with van der Waals surface area (Å²) in [5.41, 5.74) is 3.61. The van der Waals surface area contributed by atoms with Gasteiger partial charge in [0.1, 0.15) is 5.75 Å². The van der Waals surface area contributed by atoms with Crippen LogP contribution in [0.1, 0.15) is 16.7 Å².